The quantitative estimate of drug-likeness (QED) is 0.649. The molecule has 1 N–H and O–H groups in total. The first-order valence-electron chi connectivity index (χ1n) is 5.53. The van der Waals surface area contributed by atoms with E-state index < -0.39 is 22.0 Å². The number of rotatable bonds is 5. The van der Waals surface area contributed by atoms with Crippen LogP contribution < -0.4 is 4.74 Å². The molecule has 1 atom stereocenters. The minimum Gasteiger partial charge on any atom is -0.484 e. The molecule has 1 rings (SSSR count). The molecule has 1 aromatic carbocycles. The van der Waals surface area contributed by atoms with E-state index in [9.17, 15) is 19.6 Å². The van der Waals surface area contributed by atoms with Gasteiger partial charge in [-0.15, -0.1) is 0 Å². The second kappa shape index (κ2) is 5.30. The summed E-state index contributed by atoms with van der Waals surface area (Å²) in [5.74, 6) is -0.830. The smallest absolute Gasteiger partial charge is 0.313 e. The maximum atomic E-state index is 12.9. The standard InChI is InChI=1S/C12H16FNO4/c1-8(2)12(3,15)7-18-11-5-4-9(13)6-10(11)14(16)17/h4-6,8,15H,7H2,1-3H3. The Balaban J connectivity index is 2.89. The van der Waals surface area contributed by atoms with Crippen LogP contribution in [-0.2, 0) is 0 Å². The van der Waals surface area contributed by atoms with Gasteiger partial charge in [0.1, 0.15) is 12.4 Å². The van der Waals surface area contributed by atoms with Crippen molar-refractivity contribution in [2.24, 2.45) is 5.92 Å². The minimum absolute atomic E-state index is 0.0534. The molecule has 0 heterocycles. The normalized spacial score (nSPS) is 14.3. The van der Waals surface area contributed by atoms with Crippen LogP contribution in [0.15, 0.2) is 18.2 Å². The minimum atomic E-state index is -1.11. The Labute approximate surface area is 104 Å². The maximum absolute atomic E-state index is 12.9. The van der Waals surface area contributed by atoms with Crippen molar-refractivity contribution in [2.45, 2.75) is 26.4 Å². The van der Waals surface area contributed by atoms with Gasteiger partial charge in [0.05, 0.1) is 16.6 Å². The molecule has 0 radical (unpaired) electrons. The monoisotopic (exact) mass is 257 g/mol. The highest BCUT2D eigenvalue weighted by atomic mass is 19.1. The van der Waals surface area contributed by atoms with Crippen molar-refractivity contribution in [3.05, 3.63) is 34.1 Å². The molecule has 18 heavy (non-hydrogen) atoms. The third-order valence-electron chi connectivity index (χ3n) is 2.88. The van der Waals surface area contributed by atoms with Crippen LogP contribution in [0.5, 0.6) is 5.75 Å². The Bertz CT molecular complexity index is 446. The van der Waals surface area contributed by atoms with Crippen molar-refractivity contribution in [3.63, 3.8) is 0 Å². The molecule has 0 amide bonds. The number of nitro benzene ring substituents is 1. The maximum Gasteiger partial charge on any atom is 0.313 e. The van der Waals surface area contributed by atoms with E-state index in [1.165, 1.54) is 6.07 Å². The fourth-order valence-electron chi connectivity index (χ4n) is 1.15. The molecule has 0 aliphatic carbocycles. The molecule has 1 aromatic rings. The Morgan fingerprint density at radius 2 is 2.17 bits per heavy atom. The second-order valence-corrected chi connectivity index (χ2v) is 4.67. The van der Waals surface area contributed by atoms with Crippen molar-refractivity contribution >= 4 is 5.69 Å². The van der Waals surface area contributed by atoms with Crippen LogP contribution in [0.25, 0.3) is 0 Å². The molecule has 0 bridgehead atoms. The van der Waals surface area contributed by atoms with Crippen LogP contribution in [0.4, 0.5) is 10.1 Å². The third-order valence-corrected chi connectivity index (χ3v) is 2.88. The predicted octanol–water partition coefficient (Wildman–Crippen LogP) is 2.52. The molecule has 0 saturated carbocycles. The Morgan fingerprint density at radius 3 is 2.67 bits per heavy atom. The van der Waals surface area contributed by atoms with Crippen LogP contribution >= 0.6 is 0 Å². The summed E-state index contributed by atoms with van der Waals surface area (Å²) in [5, 5.41) is 20.7. The number of hydrogen-bond acceptors (Lipinski definition) is 4. The van der Waals surface area contributed by atoms with Gasteiger partial charge in [0.15, 0.2) is 5.75 Å². The Morgan fingerprint density at radius 1 is 1.56 bits per heavy atom. The van der Waals surface area contributed by atoms with E-state index in [1.54, 1.807) is 6.92 Å². The lowest BCUT2D eigenvalue weighted by Crippen LogP contribution is -2.37. The molecule has 5 nitrogen and oxygen atoms in total. The van der Waals surface area contributed by atoms with E-state index in [0.29, 0.717) is 0 Å². The number of aliphatic hydroxyl groups is 1. The van der Waals surface area contributed by atoms with E-state index >= 15 is 0 Å². The zero-order valence-corrected chi connectivity index (χ0v) is 10.5. The van der Waals surface area contributed by atoms with Gasteiger partial charge < -0.3 is 9.84 Å². The van der Waals surface area contributed by atoms with E-state index in [0.717, 1.165) is 12.1 Å². The highest BCUT2D eigenvalue weighted by Crippen LogP contribution is 2.29. The first-order valence-corrected chi connectivity index (χ1v) is 5.53. The first kappa shape index (κ1) is 14.4. The van der Waals surface area contributed by atoms with Gasteiger partial charge in [0, 0.05) is 0 Å². The van der Waals surface area contributed by atoms with Gasteiger partial charge in [-0.3, -0.25) is 10.1 Å². The van der Waals surface area contributed by atoms with Gasteiger partial charge in [-0.2, -0.15) is 0 Å². The number of nitrogens with zero attached hydrogens (tertiary/aromatic N) is 1. The molecule has 0 aliphatic heterocycles. The van der Waals surface area contributed by atoms with Gasteiger partial charge in [-0.25, -0.2) is 4.39 Å². The zero-order valence-electron chi connectivity index (χ0n) is 10.5. The third kappa shape index (κ3) is 3.40. The predicted molar refractivity (Wildman–Crippen MR) is 64.0 cm³/mol. The number of ether oxygens (including phenoxy) is 1. The summed E-state index contributed by atoms with van der Waals surface area (Å²) >= 11 is 0. The molecule has 100 valence electrons. The summed E-state index contributed by atoms with van der Waals surface area (Å²) < 4.78 is 18.1. The summed E-state index contributed by atoms with van der Waals surface area (Å²) in [6.07, 6.45) is 0. The van der Waals surface area contributed by atoms with E-state index in [-0.39, 0.29) is 18.3 Å². The molecule has 0 spiro atoms. The van der Waals surface area contributed by atoms with Crippen LogP contribution in [0, 0.1) is 21.8 Å². The van der Waals surface area contributed by atoms with Crippen molar-refractivity contribution < 1.29 is 19.2 Å². The van der Waals surface area contributed by atoms with Crippen LogP contribution in [-0.4, -0.2) is 22.2 Å². The molecule has 0 fully saturated rings. The second-order valence-electron chi connectivity index (χ2n) is 4.67. The van der Waals surface area contributed by atoms with Crippen LogP contribution in [0.2, 0.25) is 0 Å². The molecule has 6 heteroatoms. The topological polar surface area (TPSA) is 72.6 Å². The van der Waals surface area contributed by atoms with Crippen LogP contribution in [0.1, 0.15) is 20.8 Å². The van der Waals surface area contributed by atoms with Gasteiger partial charge in [0.25, 0.3) is 0 Å². The van der Waals surface area contributed by atoms with Crippen molar-refractivity contribution in [2.75, 3.05) is 6.61 Å². The fraction of sp³-hybridized carbons (Fsp3) is 0.500. The van der Waals surface area contributed by atoms with E-state index in [4.69, 9.17) is 4.74 Å². The highest BCUT2D eigenvalue weighted by Gasteiger charge is 2.27. The van der Waals surface area contributed by atoms with Gasteiger partial charge >= 0.3 is 5.69 Å². The molecular weight excluding hydrogens is 241 g/mol. The Kier molecular flexibility index (Phi) is 4.24. The largest absolute Gasteiger partial charge is 0.484 e. The molecular formula is C12H16FNO4. The lowest BCUT2D eigenvalue weighted by molar-refractivity contribution is -0.386. The number of halogens is 1. The van der Waals surface area contributed by atoms with Crippen molar-refractivity contribution in [1.29, 1.82) is 0 Å². The molecule has 1 unspecified atom stereocenters. The number of benzene rings is 1. The summed E-state index contributed by atoms with van der Waals surface area (Å²) in [7, 11) is 0. The van der Waals surface area contributed by atoms with Gasteiger partial charge in [0.2, 0.25) is 0 Å². The first-order chi connectivity index (χ1) is 8.24. The fourth-order valence-corrected chi connectivity index (χ4v) is 1.15. The molecule has 0 aliphatic rings. The molecule has 0 saturated heterocycles. The van der Waals surface area contributed by atoms with Crippen LogP contribution in [0.3, 0.4) is 0 Å². The van der Waals surface area contributed by atoms with Gasteiger partial charge in [-0.05, 0) is 25.0 Å². The Hall–Kier alpha value is -1.69. The van der Waals surface area contributed by atoms with Crippen molar-refractivity contribution in [3.8, 4) is 5.75 Å². The highest BCUT2D eigenvalue weighted by molar-refractivity contribution is 5.46. The summed E-state index contributed by atoms with van der Waals surface area (Å²) in [5.41, 5.74) is -1.56. The lowest BCUT2D eigenvalue weighted by Gasteiger charge is -2.27. The number of nitro groups is 1. The SMILES string of the molecule is CC(C)C(C)(O)COc1ccc(F)cc1[N+](=O)[O-]. The van der Waals surface area contributed by atoms with E-state index in [1.807, 2.05) is 13.8 Å². The summed E-state index contributed by atoms with van der Waals surface area (Å²) in [6, 6.07) is 3.05. The summed E-state index contributed by atoms with van der Waals surface area (Å²) in [4.78, 5) is 10.0. The summed E-state index contributed by atoms with van der Waals surface area (Å²) in [6.45, 7) is 5.09. The average Bonchev–Trinajstić information content (AvgIpc) is 2.27. The van der Waals surface area contributed by atoms with Crippen molar-refractivity contribution in [1.82, 2.24) is 0 Å². The lowest BCUT2D eigenvalue weighted by atomic mass is 9.94. The average molecular weight is 257 g/mol. The van der Waals surface area contributed by atoms with E-state index in [2.05, 4.69) is 0 Å². The molecule has 0 aromatic heterocycles. The zero-order chi connectivity index (χ0) is 13.9. The van der Waals surface area contributed by atoms with Gasteiger partial charge in [-0.1, -0.05) is 13.8 Å². The number of hydrogen-bond donors (Lipinski definition) is 1.